The van der Waals surface area contributed by atoms with Crippen LogP contribution in [-0.4, -0.2) is 36.8 Å². The van der Waals surface area contributed by atoms with Gasteiger partial charge in [-0.2, -0.15) is 5.10 Å². The van der Waals surface area contributed by atoms with Crippen LogP contribution < -0.4 is 15.6 Å². The Bertz CT molecular complexity index is 1210. The number of aryl methyl sites for hydroxylation is 1. The maximum atomic E-state index is 12.4. The number of ether oxygens (including phenoxy) is 1. The molecule has 0 saturated carbocycles. The minimum atomic E-state index is -0.355. The molecule has 0 radical (unpaired) electrons. The first-order chi connectivity index (χ1) is 13.0. The fourth-order valence-electron chi connectivity index (χ4n) is 2.71. The topological polar surface area (TPSA) is 104 Å². The molecule has 3 heterocycles. The van der Waals surface area contributed by atoms with E-state index in [9.17, 15) is 9.59 Å². The third-order valence-corrected chi connectivity index (χ3v) is 4.88. The van der Waals surface area contributed by atoms with Crippen LogP contribution in [0, 0.1) is 0 Å². The predicted molar refractivity (Wildman–Crippen MR) is 102 cm³/mol. The van der Waals surface area contributed by atoms with Gasteiger partial charge in [0.15, 0.2) is 10.8 Å². The monoisotopic (exact) mass is 384 g/mol. The summed E-state index contributed by atoms with van der Waals surface area (Å²) >= 11 is 1.35. The van der Waals surface area contributed by atoms with Gasteiger partial charge in [-0.05, 0) is 25.1 Å². The first-order valence-electron chi connectivity index (χ1n) is 8.25. The SMILES string of the molecule is CCOc1ccc2nc(NC(=O)Cn3cnc4c(cnn4C)c3=O)sc2c1. The summed E-state index contributed by atoms with van der Waals surface area (Å²) < 4.78 is 9.14. The van der Waals surface area contributed by atoms with Gasteiger partial charge in [-0.3, -0.25) is 18.8 Å². The zero-order valence-corrected chi connectivity index (χ0v) is 15.5. The Morgan fingerprint density at radius 1 is 1.37 bits per heavy atom. The molecule has 1 aromatic carbocycles. The number of rotatable bonds is 5. The summed E-state index contributed by atoms with van der Waals surface area (Å²) in [6, 6.07) is 5.57. The molecule has 0 unspecified atom stereocenters. The van der Waals surface area contributed by atoms with Gasteiger partial charge < -0.3 is 10.1 Å². The number of nitrogens with one attached hydrogen (secondary N) is 1. The highest BCUT2D eigenvalue weighted by molar-refractivity contribution is 7.22. The summed E-state index contributed by atoms with van der Waals surface area (Å²) in [4.78, 5) is 33.3. The van der Waals surface area contributed by atoms with Crippen molar-refractivity contribution >= 4 is 43.6 Å². The molecule has 0 aliphatic carbocycles. The molecule has 4 rings (SSSR count). The van der Waals surface area contributed by atoms with E-state index in [1.165, 1.54) is 33.1 Å². The second kappa shape index (κ2) is 6.80. The number of thiazole rings is 1. The van der Waals surface area contributed by atoms with Crippen LogP contribution in [0.15, 0.2) is 35.5 Å². The molecule has 0 bridgehead atoms. The van der Waals surface area contributed by atoms with Crippen molar-refractivity contribution in [1.82, 2.24) is 24.3 Å². The Morgan fingerprint density at radius 2 is 2.22 bits per heavy atom. The standard InChI is InChI=1S/C17H16N6O3S/c1-3-26-10-4-5-12-13(6-10)27-17(20-12)21-14(24)8-23-9-18-15-11(16(23)25)7-19-22(15)2/h4-7,9H,3,8H2,1-2H3,(H,20,21,24). The molecule has 0 saturated heterocycles. The molecule has 27 heavy (non-hydrogen) atoms. The molecule has 0 atom stereocenters. The maximum absolute atomic E-state index is 12.4. The highest BCUT2D eigenvalue weighted by Crippen LogP contribution is 2.29. The van der Waals surface area contributed by atoms with Crippen LogP contribution in [-0.2, 0) is 18.4 Å². The summed E-state index contributed by atoms with van der Waals surface area (Å²) in [5.74, 6) is 0.403. The molecule has 0 spiro atoms. The molecular weight excluding hydrogens is 368 g/mol. The first kappa shape index (κ1) is 17.2. The average molecular weight is 384 g/mol. The minimum Gasteiger partial charge on any atom is -0.494 e. The summed E-state index contributed by atoms with van der Waals surface area (Å²) in [6.07, 6.45) is 2.79. The Hall–Kier alpha value is -3.27. The zero-order valence-electron chi connectivity index (χ0n) is 14.7. The molecule has 138 valence electrons. The molecule has 9 nitrogen and oxygen atoms in total. The zero-order chi connectivity index (χ0) is 19.0. The number of benzene rings is 1. The van der Waals surface area contributed by atoms with Gasteiger partial charge in [-0.25, -0.2) is 9.97 Å². The predicted octanol–water partition coefficient (Wildman–Crippen LogP) is 1.78. The fraction of sp³-hybridized carbons (Fsp3) is 0.235. The van der Waals surface area contributed by atoms with Crippen LogP contribution in [0.4, 0.5) is 5.13 Å². The van der Waals surface area contributed by atoms with Crippen molar-refractivity contribution in [2.24, 2.45) is 7.05 Å². The number of anilines is 1. The highest BCUT2D eigenvalue weighted by Gasteiger charge is 2.13. The lowest BCUT2D eigenvalue weighted by Crippen LogP contribution is -2.27. The molecule has 1 N–H and O–H groups in total. The van der Waals surface area contributed by atoms with Gasteiger partial charge >= 0.3 is 0 Å². The molecule has 10 heteroatoms. The van der Waals surface area contributed by atoms with Gasteiger partial charge in [0.2, 0.25) is 5.91 Å². The molecular formula is C17H16N6O3S. The van der Waals surface area contributed by atoms with Crippen LogP contribution in [0.2, 0.25) is 0 Å². The van der Waals surface area contributed by atoms with Crippen molar-refractivity contribution in [1.29, 1.82) is 0 Å². The number of carbonyl (C=O) groups is 1. The van der Waals surface area contributed by atoms with E-state index < -0.39 is 0 Å². The van der Waals surface area contributed by atoms with E-state index in [2.05, 4.69) is 20.4 Å². The first-order valence-corrected chi connectivity index (χ1v) is 9.07. The number of hydrogen-bond acceptors (Lipinski definition) is 7. The Labute approximate surface area is 157 Å². The summed E-state index contributed by atoms with van der Waals surface area (Å²) in [5, 5.41) is 7.58. The van der Waals surface area contributed by atoms with E-state index in [1.54, 1.807) is 7.05 Å². The van der Waals surface area contributed by atoms with Gasteiger partial charge in [0, 0.05) is 7.05 Å². The summed E-state index contributed by atoms with van der Waals surface area (Å²) in [6.45, 7) is 2.34. The summed E-state index contributed by atoms with van der Waals surface area (Å²) in [5.41, 5.74) is 0.941. The maximum Gasteiger partial charge on any atom is 0.264 e. The van der Waals surface area contributed by atoms with Crippen molar-refractivity contribution in [3.8, 4) is 5.75 Å². The van der Waals surface area contributed by atoms with E-state index in [-0.39, 0.29) is 18.0 Å². The van der Waals surface area contributed by atoms with E-state index in [0.29, 0.717) is 22.8 Å². The number of nitrogens with zero attached hydrogens (tertiary/aromatic N) is 5. The van der Waals surface area contributed by atoms with Crippen LogP contribution in [0.25, 0.3) is 21.3 Å². The number of carbonyl (C=O) groups excluding carboxylic acids is 1. The largest absolute Gasteiger partial charge is 0.494 e. The van der Waals surface area contributed by atoms with Crippen molar-refractivity contribution in [2.75, 3.05) is 11.9 Å². The molecule has 3 aromatic heterocycles. The number of amides is 1. The normalized spacial score (nSPS) is 11.2. The van der Waals surface area contributed by atoms with Crippen molar-refractivity contribution < 1.29 is 9.53 Å². The van der Waals surface area contributed by atoms with E-state index in [0.717, 1.165) is 16.0 Å². The van der Waals surface area contributed by atoms with E-state index >= 15 is 0 Å². The molecule has 0 fully saturated rings. The van der Waals surface area contributed by atoms with Gasteiger partial charge in [0.1, 0.15) is 24.0 Å². The minimum absolute atomic E-state index is 0.156. The van der Waals surface area contributed by atoms with Crippen molar-refractivity contribution in [2.45, 2.75) is 13.5 Å². The third-order valence-electron chi connectivity index (χ3n) is 3.95. The van der Waals surface area contributed by atoms with Crippen LogP contribution in [0.5, 0.6) is 5.75 Å². The second-order valence-electron chi connectivity index (χ2n) is 5.81. The number of fused-ring (bicyclic) bond motifs is 2. The van der Waals surface area contributed by atoms with Gasteiger partial charge in [-0.1, -0.05) is 11.3 Å². The molecule has 1 amide bonds. The van der Waals surface area contributed by atoms with Crippen LogP contribution >= 0.6 is 11.3 Å². The number of aromatic nitrogens is 5. The Balaban J connectivity index is 1.53. The average Bonchev–Trinajstić information content (AvgIpc) is 3.20. The quantitative estimate of drug-likeness (QED) is 0.562. The molecule has 0 aliphatic heterocycles. The molecule has 4 aromatic rings. The van der Waals surface area contributed by atoms with Crippen LogP contribution in [0.1, 0.15) is 6.92 Å². The Morgan fingerprint density at radius 3 is 3.04 bits per heavy atom. The van der Waals surface area contributed by atoms with E-state index in [4.69, 9.17) is 4.74 Å². The lowest BCUT2D eigenvalue weighted by Gasteiger charge is -2.05. The summed E-state index contributed by atoms with van der Waals surface area (Å²) in [7, 11) is 1.70. The Kier molecular flexibility index (Phi) is 4.32. The van der Waals surface area contributed by atoms with Gasteiger partial charge in [0.25, 0.3) is 5.56 Å². The van der Waals surface area contributed by atoms with Crippen molar-refractivity contribution in [3.63, 3.8) is 0 Å². The lowest BCUT2D eigenvalue weighted by molar-refractivity contribution is -0.116. The smallest absolute Gasteiger partial charge is 0.264 e. The third kappa shape index (κ3) is 3.26. The van der Waals surface area contributed by atoms with E-state index in [1.807, 2.05) is 25.1 Å². The van der Waals surface area contributed by atoms with Crippen molar-refractivity contribution in [3.05, 3.63) is 41.1 Å². The molecule has 0 aliphatic rings. The van der Waals surface area contributed by atoms with Gasteiger partial charge in [-0.15, -0.1) is 0 Å². The number of hydrogen-bond donors (Lipinski definition) is 1. The van der Waals surface area contributed by atoms with Crippen LogP contribution in [0.3, 0.4) is 0 Å². The lowest BCUT2D eigenvalue weighted by atomic mass is 10.3. The van der Waals surface area contributed by atoms with Gasteiger partial charge in [0.05, 0.1) is 23.0 Å². The second-order valence-corrected chi connectivity index (χ2v) is 6.84. The highest BCUT2D eigenvalue weighted by atomic mass is 32.1. The fourth-order valence-corrected chi connectivity index (χ4v) is 3.62.